The summed E-state index contributed by atoms with van der Waals surface area (Å²) in [6.45, 7) is 0.935. The summed E-state index contributed by atoms with van der Waals surface area (Å²) in [5.74, 6) is 0. The summed E-state index contributed by atoms with van der Waals surface area (Å²) in [5.41, 5.74) is 0. The molecule has 0 aromatic rings. The molecular formula is C8H16O8S. The third-order valence-electron chi connectivity index (χ3n) is 1.70. The van der Waals surface area contributed by atoms with Crippen molar-refractivity contribution >= 4 is 10.4 Å². The second kappa shape index (κ2) is 7.21. The summed E-state index contributed by atoms with van der Waals surface area (Å²) in [7, 11) is -3.85. The van der Waals surface area contributed by atoms with Gasteiger partial charge in [0.1, 0.15) is 12.2 Å². The van der Waals surface area contributed by atoms with Crippen LogP contribution in [0.3, 0.4) is 0 Å². The van der Waals surface area contributed by atoms with E-state index in [9.17, 15) is 8.42 Å². The van der Waals surface area contributed by atoms with E-state index in [0.717, 1.165) is 0 Å². The van der Waals surface area contributed by atoms with Gasteiger partial charge in [-0.3, -0.25) is 0 Å². The Morgan fingerprint density at radius 1 is 1.00 bits per heavy atom. The highest BCUT2D eigenvalue weighted by Gasteiger charge is 2.29. The van der Waals surface area contributed by atoms with Crippen LogP contribution in [0.5, 0.6) is 0 Å². The van der Waals surface area contributed by atoms with Crippen LogP contribution in [0.15, 0.2) is 0 Å². The zero-order valence-electron chi connectivity index (χ0n) is 9.15. The molecule has 2 rings (SSSR count). The first-order chi connectivity index (χ1) is 8.07. The Morgan fingerprint density at radius 2 is 1.35 bits per heavy atom. The van der Waals surface area contributed by atoms with E-state index in [1.807, 2.05) is 0 Å². The molecule has 2 aliphatic rings. The Kier molecular flexibility index (Phi) is 6.27. The highest BCUT2D eigenvalue weighted by Crippen LogP contribution is 2.13. The molecule has 0 spiro atoms. The highest BCUT2D eigenvalue weighted by atomic mass is 32.3. The molecule has 8 nitrogen and oxygen atoms in total. The molecule has 2 unspecified atom stereocenters. The molecule has 0 aromatic carbocycles. The second-order valence-electron chi connectivity index (χ2n) is 3.34. The fraction of sp³-hybridized carbons (Fsp3) is 1.00. The number of aliphatic hydroxyl groups excluding tert-OH is 2. The Hall–Kier alpha value is -0.290. The van der Waals surface area contributed by atoms with Gasteiger partial charge < -0.3 is 19.7 Å². The smallest absolute Gasteiger partial charge is 0.394 e. The summed E-state index contributed by atoms with van der Waals surface area (Å²) in [4.78, 5) is 0. The van der Waals surface area contributed by atoms with Crippen molar-refractivity contribution in [2.45, 2.75) is 12.2 Å². The number of hydrogen-bond donors (Lipinski definition) is 2. The zero-order valence-corrected chi connectivity index (χ0v) is 9.97. The predicted molar refractivity (Wildman–Crippen MR) is 54.5 cm³/mol. The van der Waals surface area contributed by atoms with Gasteiger partial charge in [0, 0.05) is 0 Å². The van der Waals surface area contributed by atoms with Gasteiger partial charge in [-0.25, -0.2) is 8.37 Å². The molecule has 0 bridgehead atoms. The van der Waals surface area contributed by atoms with Crippen molar-refractivity contribution in [2.75, 3.05) is 39.6 Å². The van der Waals surface area contributed by atoms with Gasteiger partial charge in [-0.1, -0.05) is 0 Å². The van der Waals surface area contributed by atoms with Crippen LogP contribution in [0.2, 0.25) is 0 Å². The van der Waals surface area contributed by atoms with Crippen LogP contribution in [0, 0.1) is 0 Å². The quantitative estimate of drug-likeness (QED) is 0.512. The van der Waals surface area contributed by atoms with E-state index in [1.54, 1.807) is 0 Å². The lowest BCUT2D eigenvalue weighted by atomic mass is 10.5. The fourth-order valence-corrected chi connectivity index (χ4v) is 1.39. The molecule has 2 fully saturated rings. The average molecular weight is 272 g/mol. The molecule has 0 radical (unpaired) electrons. The number of ether oxygens (including phenoxy) is 2. The van der Waals surface area contributed by atoms with Crippen molar-refractivity contribution in [1.29, 1.82) is 0 Å². The van der Waals surface area contributed by atoms with Gasteiger partial charge in [-0.05, 0) is 0 Å². The summed E-state index contributed by atoms with van der Waals surface area (Å²) in [6, 6.07) is 0. The Balaban J connectivity index is 0.000000317. The van der Waals surface area contributed by atoms with E-state index in [4.69, 9.17) is 19.7 Å². The highest BCUT2D eigenvalue weighted by molar-refractivity contribution is 7.81. The van der Waals surface area contributed by atoms with E-state index >= 15 is 0 Å². The summed E-state index contributed by atoms with van der Waals surface area (Å²) in [6.07, 6.45) is -0.175. The van der Waals surface area contributed by atoms with Crippen LogP contribution < -0.4 is 0 Å². The van der Waals surface area contributed by atoms with Gasteiger partial charge in [0.05, 0.1) is 39.6 Å². The standard InChI is InChI=1S/C6H10O6S.C2H6O2/c7-13(8,11-3-5-1-9-5)12-4-6-2-10-6;3-1-2-4/h5-6H,1-4H2;3-4H,1-2H2. The summed E-state index contributed by atoms with van der Waals surface area (Å²) >= 11 is 0. The maximum absolute atomic E-state index is 10.9. The summed E-state index contributed by atoms with van der Waals surface area (Å²) < 4.78 is 40.4. The lowest BCUT2D eigenvalue weighted by Gasteiger charge is -2.02. The van der Waals surface area contributed by atoms with Crippen molar-refractivity contribution < 1.29 is 36.5 Å². The molecule has 0 saturated carbocycles. The lowest BCUT2D eigenvalue weighted by molar-refractivity contribution is 0.186. The lowest BCUT2D eigenvalue weighted by Crippen LogP contribution is -2.16. The molecule has 2 heterocycles. The van der Waals surface area contributed by atoms with Crippen molar-refractivity contribution in [3.8, 4) is 0 Å². The van der Waals surface area contributed by atoms with E-state index in [0.29, 0.717) is 13.2 Å². The number of aliphatic hydroxyl groups is 2. The topological polar surface area (TPSA) is 118 Å². The molecule has 2 N–H and O–H groups in total. The number of hydrogen-bond acceptors (Lipinski definition) is 8. The molecule has 0 amide bonds. The van der Waals surface area contributed by atoms with Crippen molar-refractivity contribution in [1.82, 2.24) is 0 Å². The van der Waals surface area contributed by atoms with Crippen LogP contribution >= 0.6 is 0 Å². The molecule has 9 heteroatoms. The molecule has 0 aromatic heterocycles. The maximum Gasteiger partial charge on any atom is 0.400 e. The van der Waals surface area contributed by atoms with E-state index in [1.165, 1.54) is 0 Å². The molecule has 2 saturated heterocycles. The van der Waals surface area contributed by atoms with Crippen LogP contribution in [0.4, 0.5) is 0 Å². The minimum atomic E-state index is -3.85. The second-order valence-corrected chi connectivity index (χ2v) is 4.62. The molecular weight excluding hydrogens is 256 g/mol. The average Bonchev–Trinajstić information content (AvgIpc) is 3.18. The van der Waals surface area contributed by atoms with Crippen LogP contribution in [-0.2, 0) is 28.2 Å². The van der Waals surface area contributed by atoms with Gasteiger partial charge in [0.2, 0.25) is 0 Å². The van der Waals surface area contributed by atoms with Gasteiger partial charge >= 0.3 is 10.4 Å². The van der Waals surface area contributed by atoms with Gasteiger partial charge in [0.25, 0.3) is 0 Å². The number of epoxide rings is 2. The minimum absolute atomic E-state index is 0.0356. The van der Waals surface area contributed by atoms with Gasteiger partial charge in [-0.2, -0.15) is 8.42 Å². The Morgan fingerprint density at radius 3 is 1.59 bits per heavy atom. The number of rotatable bonds is 7. The minimum Gasteiger partial charge on any atom is -0.394 e. The maximum atomic E-state index is 10.9. The van der Waals surface area contributed by atoms with E-state index in [-0.39, 0.29) is 38.6 Å². The summed E-state index contributed by atoms with van der Waals surface area (Å²) in [5, 5.41) is 15.2. The zero-order chi connectivity index (χ0) is 12.7. The van der Waals surface area contributed by atoms with Crippen molar-refractivity contribution in [2.24, 2.45) is 0 Å². The van der Waals surface area contributed by atoms with E-state index < -0.39 is 10.4 Å². The van der Waals surface area contributed by atoms with Crippen LogP contribution in [0.25, 0.3) is 0 Å². The monoisotopic (exact) mass is 272 g/mol. The predicted octanol–water partition coefficient (Wildman–Crippen LogP) is -1.97. The molecule has 2 aliphatic heterocycles. The first kappa shape index (κ1) is 14.8. The molecule has 2 atom stereocenters. The van der Waals surface area contributed by atoms with Crippen LogP contribution in [-0.4, -0.2) is 70.5 Å². The molecule has 102 valence electrons. The van der Waals surface area contributed by atoms with Crippen molar-refractivity contribution in [3.05, 3.63) is 0 Å². The Labute approximate surface area is 99.4 Å². The molecule has 17 heavy (non-hydrogen) atoms. The third kappa shape index (κ3) is 8.44. The first-order valence-electron chi connectivity index (χ1n) is 5.06. The van der Waals surface area contributed by atoms with Gasteiger partial charge in [0.15, 0.2) is 0 Å². The normalized spacial score (nSPS) is 26.0. The van der Waals surface area contributed by atoms with Gasteiger partial charge in [-0.15, -0.1) is 0 Å². The van der Waals surface area contributed by atoms with Crippen LogP contribution in [0.1, 0.15) is 0 Å². The first-order valence-corrected chi connectivity index (χ1v) is 6.39. The third-order valence-corrected chi connectivity index (χ3v) is 2.55. The van der Waals surface area contributed by atoms with Crippen molar-refractivity contribution in [3.63, 3.8) is 0 Å². The Bertz CT molecular complexity index is 271. The fourth-order valence-electron chi connectivity index (χ4n) is 0.681. The van der Waals surface area contributed by atoms with E-state index in [2.05, 4.69) is 8.37 Å². The molecule has 0 aliphatic carbocycles. The largest absolute Gasteiger partial charge is 0.400 e. The SMILES string of the molecule is O=S(=O)(OCC1CO1)OCC1CO1.OCCO.